The molecule has 3 aromatic heterocycles. The molecular formula is C26H30FN5O4S. The topological polar surface area (TPSA) is 103 Å². The second kappa shape index (κ2) is 10.2. The fourth-order valence-electron chi connectivity index (χ4n) is 4.85. The number of imidazole rings is 1. The molecule has 0 N–H and O–H groups in total. The summed E-state index contributed by atoms with van der Waals surface area (Å²) in [6, 6.07) is 6.98. The van der Waals surface area contributed by atoms with Gasteiger partial charge in [0.25, 0.3) is 0 Å². The Balaban J connectivity index is 1.44. The van der Waals surface area contributed by atoms with Crippen LogP contribution in [0.4, 0.5) is 4.39 Å². The van der Waals surface area contributed by atoms with E-state index in [1.165, 1.54) is 13.2 Å². The van der Waals surface area contributed by atoms with Gasteiger partial charge in [-0.15, -0.1) is 0 Å². The lowest BCUT2D eigenvalue weighted by Gasteiger charge is -2.26. The lowest BCUT2D eigenvalue weighted by Crippen LogP contribution is -2.41. The number of fused-ring (bicyclic) bond motifs is 1. The van der Waals surface area contributed by atoms with Gasteiger partial charge in [-0.05, 0) is 44.0 Å². The van der Waals surface area contributed by atoms with Crippen LogP contribution in [0.15, 0.2) is 35.0 Å². The Morgan fingerprint density at radius 3 is 2.57 bits per heavy atom. The zero-order chi connectivity index (χ0) is 26.2. The van der Waals surface area contributed by atoms with Gasteiger partial charge in [-0.3, -0.25) is 4.90 Å². The van der Waals surface area contributed by atoms with Crippen LogP contribution in [0.5, 0.6) is 5.75 Å². The summed E-state index contributed by atoms with van der Waals surface area (Å²) in [6.45, 7) is 6.14. The number of nitrogens with zero attached hydrogens (tertiary/aromatic N) is 5. The van der Waals surface area contributed by atoms with Gasteiger partial charge < -0.3 is 13.8 Å². The number of hydrogen-bond acceptors (Lipinski definition) is 8. The highest BCUT2D eigenvalue weighted by molar-refractivity contribution is 7.91. The van der Waals surface area contributed by atoms with E-state index >= 15 is 0 Å². The number of hydrogen-bond donors (Lipinski definition) is 0. The van der Waals surface area contributed by atoms with Crippen molar-refractivity contribution >= 4 is 21.0 Å². The van der Waals surface area contributed by atoms with Crippen molar-refractivity contribution in [2.45, 2.75) is 33.2 Å². The van der Waals surface area contributed by atoms with Gasteiger partial charge >= 0.3 is 0 Å². The molecule has 196 valence electrons. The molecule has 37 heavy (non-hydrogen) atoms. The number of aryl methyl sites for hydroxylation is 4. The standard InChI is InChI=1S/C26H30FN5O4S/c1-17-25(18(2)36-30-17)20-15-22-26(28-16-20)32(9-8-31-10-12-37(33,34)13-11-31)24(29-22)7-5-19-4-6-23(35-3)21(27)14-19/h4,6,14-16H,5,7-13H2,1-3H3. The first kappa shape index (κ1) is 25.3. The molecule has 0 aliphatic carbocycles. The number of halogens is 1. The zero-order valence-electron chi connectivity index (χ0n) is 21.2. The van der Waals surface area contributed by atoms with E-state index in [1.54, 1.807) is 6.07 Å². The number of rotatable bonds is 8. The summed E-state index contributed by atoms with van der Waals surface area (Å²) in [5, 5.41) is 4.05. The fourth-order valence-corrected chi connectivity index (χ4v) is 6.13. The van der Waals surface area contributed by atoms with Crippen molar-refractivity contribution in [3.63, 3.8) is 0 Å². The van der Waals surface area contributed by atoms with Crippen molar-refractivity contribution in [3.05, 3.63) is 59.1 Å². The van der Waals surface area contributed by atoms with Gasteiger partial charge in [0.2, 0.25) is 0 Å². The molecule has 0 amide bonds. The average molecular weight is 528 g/mol. The van der Waals surface area contributed by atoms with Crippen LogP contribution in [0.1, 0.15) is 22.8 Å². The van der Waals surface area contributed by atoms with E-state index in [2.05, 4.69) is 14.6 Å². The Morgan fingerprint density at radius 1 is 1.11 bits per heavy atom. The molecule has 0 bridgehead atoms. The van der Waals surface area contributed by atoms with Crippen LogP contribution < -0.4 is 4.74 Å². The molecule has 1 fully saturated rings. The molecule has 4 heterocycles. The number of aromatic nitrogens is 4. The van der Waals surface area contributed by atoms with Crippen LogP contribution in [-0.4, -0.2) is 71.3 Å². The van der Waals surface area contributed by atoms with E-state index < -0.39 is 9.84 Å². The highest BCUT2D eigenvalue weighted by atomic mass is 32.2. The van der Waals surface area contributed by atoms with Crippen molar-refractivity contribution in [3.8, 4) is 16.9 Å². The summed E-state index contributed by atoms with van der Waals surface area (Å²) in [4.78, 5) is 11.8. The second-order valence-electron chi connectivity index (χ2n) is 9.41. The molecule has 11 heteroatoms. The molecular weight excluding hydrogens is 497 g/mol. The quantitative estimate of drug-likeness (QED) is 0.344. The summed E-state index contributed by atoms with van der Waals surface area (Å²) >= 11 is 0. The molecule has 0 unspecified atom stereocenters. The van der Waals surface area contributed by atoms with Gasteiger partial charge in [0.1, 0.15) is 17.1 Å². The van der Waals surface area contributed by atoms with Crippen molar-refractivity contribution in [1.29, 1.82) is 0 Å². The minimum atomic E-state index is -2.94. The maximum absolute atomic E-state index is 14.2. The van der Waals surface area contributed by atoms with Gasteiger partial charge in [-0.25, -0.2) is 22.8 Å². The van der Waals surface area contributed by atoms with Gasteiger partial charge in [0.05, 0.1) is 24.3 Å². The Kier molecular flexibility index (Phi) is 7.00. The molecule has 0 atom stereocenters. The van der Waals surface area contributed by atoms with Crippen molar-refractivity contribution in [2.75, 3.05) is 38.2 Å². The van der Waals surface area contributed by atoms with Crippen molar-refractivity contribution in [1.82, 2.24) is 24.6 Å². The average Bonchev–Trinajstić information content (AvgIpc) is 3.40. The normalized spacial score (nSPS) is 15.9. The largest absolute Gasteiger partial charge is 0.494 e. The first-order valence-corrected chi connectivity index (χ1v) is 14.1. The van der Waals surface area contributed by atoms with Crippen LogP contribution in [0.2, 0.25) is 0 Å². The SMILES string of the molecule is COc1ccc(CCc2nc3cc(-c4c(C)noc4C)cnc3n2CCN2CCS(=O)(=O)CC2)cc1F. The summed E-state index contributed by atoms with van der Waals surface area (Å²) < 4.78 is 50.3. The third kappa shape index (κ3) is 5.37. The third-order valence-electron chi connectivity index (χ3n) is 6.92. The maximum Gasteiger partial charge on any atom is 0.165 e. The smallest absolute Gasteiger partial charge is 0.165 e. The molecule has 0 spiro atoms. The number of sulfone groups is 1. The molecule has 1 saturated heterocycles. The first-order valence-electron chi connectivity index (χ1n) is 12.3. The predicted octanol–water partition coefficient (Wildman–Crippen LogP) is 3.37. The Hall–Kier alpha value is -3.31. The van der Waals surface area contributed by atoms with Crippen LogP contribution in [0.25, 0.3) is 22.3 Å². The number of benzene rings is 1. The van der Waals surface area contributed by atoms with Crippen LogP contribution in [0.3, 0.4) is 0 Å². The zero-order valence-corrected chi connectivity index (χ0v) is 22.0. The first-order chi connectivity index (χ1) is 17.7. The highest BCUT2D eigenvalue weighted by Gasteiger charge is 2.22. The maximum atomic E-state index is 14.2. The Labute approximate surface area is 215 Å². The summed E-state index contributed by atoms with van der Waals surface area (Å²) in [6.07, 6.45) is 3.00. The van der Waals surface area contributed by atoms with Crippen molar-refractivity contribution < 1.29 is 22.1 Å². The summed E-state index contributed by atoms with van der Waals surface area (Å²) in [7, 11) is -1.49. The monoisotopic (exact) mass is 527 g/mol. The third-order valence-corrected chi connectivity index (χ3v) is 8.53. The second-order valence-corrected chi connectivity index (χ2v) is 11.7. The highest BCUT2D eigenvalue weighted by Crippen LogP contribution is 2.29. The van der Waals surface area contributed by atoms with E-state index in [0.717, 1.165) is 45.1 Å². The molecule has 4 aromatic rings. The van der Waals surface area contributed by atoms with Gasteiger partial charge in [-0.1, -0.05) is 11.2 Å². The van der Waals surface area contributed by atoms with Crippen LogP contribution >= 0.6 is 0 Å². The summed E-state index contributed by atoms with van der Waals surface area (Å²) in [5.41, 5.74) is 4.96. The lowest BCUT2D eigenvalue weighted by molar-refractivity contribution is 0.283. The van der Waals surface area contributed by atoms with E-state index in [4.69, 9.17) is 19.2 Å². The fraction of sp³-hybridized carbons (Fsp3) is 0.423. The van der Waals surface area contributed by atoms with Crippen molar-refractivity contribution in [2.24, 2.45) is 0 Å². The molecule has 5 rings (SSSR count). The molecule has 9 nitrogen and oxygen atoms in total. The number of methoxy groups -OCH3 is 1. The van der Waals surface area contributed by atoms with Crippen LogP contribution in [0, 0.1) is 19.7 Å². The Morgan fingerprint density at radius 2 is 1.89 bits per heavy atom. The van der Waals surface area contributed by atoms with E-state index in [0.29, 0.717) is 39.0 Å². The minimum Gasteiger partial charge on any atom is -0.494 e. The van der Waals surface area contributed by atoms with Gasteiger partial charge in [0, 0.05) is 49.9 Å². The lowest BCUT2D eigenvalue weighted by atomic mass is 10.1. The van der Waals surface area contributed by atoms with E-state index in [9.17, 15) is 12.8 Å². The molecule has 0 saturated carbocycles. The van der Waals surface area contributed by atoms with Gasteiger partial charge in [-0.2, -0.15) is 0 Å². The van der Waals surface area contributed by atoms with E-state index in [-0.39, 0.29) is 23.1 Å². The summed E-state index contributed by atoms with van der Waals surface area (Å²) in [5.74, 6) is 1.77. The van der Waals surface area contributed by atoms with Gasteiger partial charge in [0.15, 0.2) is 27.1 Å². The Bertz CT molecular complexity index is 1510. The molecule has 1 aromatic carbocycles. The van der Waals surface area contributed by atoms with Crippen LogP contribution in [-0.2, 0) is 29.2 Å². The number of pyridine rings is 1. The molecule has 0 radical (unpaired) electrons. The van der Waals surface area contributed by atoms with E-state index in [1.807, 2.05) is 32.2 Å². The molecule has 1 aliphatic heterocycles. The molecule has 1 aliphatic rings. The predicted molar refractivity (Wildman–Crippen MR) is 138 cm³/mol. The number of ether oxygens (including phenoxy) is 1. The minimum absolute atomic E-state index is 0.187.